The Balaban J connectivity index is 0.797. The van der Waals surface area contributed by atoms with Gasteiger partial charge < -0.3 is 34.9 Å². The van der Waals surface area contributed by atoms with Crippen LogP contribution in [-0.2, 0) is 39.3 Å². The van der Waals surface area contributed by atoms with Crippen molar-refractivity contribution in [3.63, 3.8) is 0 Å². The molecule has 4 saturated heterocycles. The van der Waals surface area contributed by atoms with Crippen molar-refractivity contribution in [2.24, 2.45) is 5.92 Å². The summed E-state index contributed by atoms with van der Waals surface area (Å²) in [6.07, 6.45) is 1.46. The number of rotatable bonds is 13. The zero-order chi connectivity index (χ0) is 37.9. The number of nitrogens with zero attached hydrogens (tertiary/aromatic N) is 2. The molecule has 1 aromatic heterocycles. The van der Waals surface area contributed by atoms with Gasteiger partial charge in [0.2, 0.25) is 11.5 Å². The van der Waals surface area contributed by atoms with Crippen molar-refractivity contribution in [2.45, 2.75) is 50.0 Å². The van der Waals surface area contributed by atoms with E-state index in [0.29, 0.717) is 54.4 Å². The second-order valence-electron chi connectivity index (χ2n) is 15.1. The number of aliphatic hydroxyl groups is 1. The quantitative estimate of drug-likeness (QED) is 0.127. The highest BCUT2D eigenvalue weighted by molar-refractivity contribution is 5.90. The van der Waals surface area contributed by atoms with Crippen LogP contribution in [0.1, 0.15) is 46.8 Å². The number of H-pyrrole nitrogens is 1. The van der Waals surface area contributed by atoms with E-state index in [-0.39, 0.29) is 42.3 Å². The summed E-state index contributed by atoms with van der Waals surface area (Å²) in [5, 5.41) is 24.8. The van der Waals surface area contributed by atoms with Gasteiger partial charge in [-0.1, -0.05) is 72.8 Å². The number of carbonyl (C=O) groups excluding carboxylic acids is 2. The third-order valence-corrected chi connectivity index (χ3v) is 11.5. The normalized spacial score (nSPS) is 20.5. The van der Waals surface area contributed by atoms with Crippen LogP contribution in [-0.4, -0.2) is 82.2 Å². The van der Waals surface area contributed by atoms with Gasteiger partial charge >= 0.3 is 5.97 Å². The van der Waals surface area contributed by atoms with Crippen molar-refractivity contribution in [1.29, 1.82) is 0 Å². The van der Waals surface area contributed by atoms with Gasteiger partial charge in [0, 0.05) is 44.2 Å². The molecule has 4 aliphatic heterocycles. The minimum absolute atomic E-state index is 0.0219. The van der Waals surface area contributed by atoms with Gasteiger partial charge in [0.25, 0.3) is 0 Å². The number of phenols is 1. The Morgan fingerprint density at radius 1 is 0.873 bits per heavy atom. The first-order chi connectivity index (χ1) is 26.7. The highest BCUT2D eigenvalue weighted by Crippen LogP contribution is 2.39. The molecule has 2 atom stereocenters. The molecule has 11 heteroatoms. The smallest absolute Gasteiger partial charge is 0.320 e. The number of benzene rings is 4. The largest absolute Gasteiger partial charge is 0.506 e. The Hall–Kier alpha value is -5.49. The fraction of sp³-hybridized carbons (Fsp3) is 0.341. The maximum atomic E-state index is 13.8. The molecule has 0 radical (unpaired) electrons. The number of aromatic hydroxyl groups is 1. The highest BCUT2D eigenvalue weighted by Gasteiger charge is 2.54. The van der Waals surface area contributed by atoms with Crippen LogP contribution in [0.3, 0.4) is 0 Å². The number of piperidine rings is 3. The van der Waals surface area contributed by atoms with E-state index < -0.39 is 11.5 Å². The van der Waals surface area contributed by atoms with Crippen LogP contribution in [0.5, 0.6) is 11.5 Å². The zero-order valence-electron chi connectivity index (χ0n) is 30.7. The number of ether oxygens (including phenoxy) is 2. The number of pyridine rings is 1. The number of amides is 1. The van der Waals surface area contributed by atoms with Crippen LogP contribution in [0.4, 0.5) is 0 Å². The lowest BCUT2D eigenvalue weighted by atomic mass is 9.73. The van der Waals surface area contributed by atoms with E-state index in [1.807, 2.05) is 78.9 Å². The molecule has 2 bridgehead atoms. The molecule has 0 saturated carbocycles. The van der Waals surface area contributed by atoms with Gasteiger partial charge in [-0.25, -0.2) is 0 Å². The highest BCUT2D eigenvalue weighted by atomic mass is 16.5. The first kappa shape index (κ1) is 36.5. The number of fused-ring (bicyclic) bond motifs is 4. The van der Waals surface area contributed by atoms with Crippen LogP contribution >= 0.6 is 0 Å². The van der Waals surface area contributed by atoms with E-state index in [1.165, 1.54) is 12.1 Å². The van der Waals surface area contributed by atoms with E-state index in [9.17, 15) is 24.6 Å². The van der Waals surface area contributed by atoms with E-state index in [1.54, 1.807) is 17.0 Å². The summed E-state index contributed by atoms with van der Waals surface area (Å²) in [5.41, 5.74) is 3.57. The third-order valence-electron chi connectivity index (χ3n) is 11.5. The molecular formula is C44H46N4O7. The number of carbonyl (C=O) groups is 2. The van der Waals surface area contributed by atoms with E-state index in [2.05, 4.69) is 15.2 Å². The predicted octanol–water partition coefficient (Wildman–Crippen LogP) is 4.60. The first-order valence-electron chi connectivity index (χ1n) is 19.0. The number of hydrogen-bond acceptors (Lipinski definition) is 9. The van der Waals surface area contributed by atoms with Gasteiger partial charge in [-0.05, 0) is 83.9 Å². The summed E-state index contributed by atoms with van der Waals surface area (Å²) in [4.78, 5) is 45.6. The molecule has 4 fully saturated rings. The molecule has 0 aliphatic carbocycles. The molecule has 1 amide bonds. The molecule has 5 aromatic rings. The van der Waals surface area contributed by atoms with Crippen molar-refractivity contribution >= 4 is 22.8 Å². The average Bonchev–Trinajstić information content (AvgIpc) is 3.19. The van der Waals surface area contributed by atoms with Gasteiger partial charge in [-0.3, -0.25) is 19.3 Å². The van der Waals surface area contributed by atoms with Crippen LogP contribution < -0.4 is 15.6 Å². The summed E-state index contributed by atoms with van der Waals surface area (Å²) >= 11 is 0. The van der Waals surface area contributed by atoms with Crippen LogP contribution in [0, 0.1) is 5.92 Å². The molecule has 55 heavy (non-hydrogen) atoms. The van der Waals surface area contributed by atoms with E-state index in [0.717, 1.165) is 54.7 Å². The van der Waals surface area contributed by atoms with E-state index >= 15 is 0 Å². The lowest BCUT2D eigenvalue weighted by molar-refractivity contribution is -0.175. The zero-order valence-corrected chi connectivity index (χ0v) is 30.7. The van der Waals surface area contributed by atoms with Crippen molar-refractivity contribution in [1.82, 2.24) is 20.1 Å². The van der Waals surface area contributed by atoms with Gasteiger partial charge in [0.15, 0.2) is 0 Å². The Morgan fingerprint density at radius 2 is 1.58 bits per heavy atom. The molecule has 0 spiro atoms. The number of phenolic OH excluding ortho intramolecular Hbond substituents is 1. The van der Waals surface area contributed by atoms with Crippen LogP contribution in [0.2, 0.25) is 0 Å². The predicted molar refractivity (Wildman–Crippen MR) is 208 cm³/mol. The fourth-order valence-electron chi connectivity index (χ4n) is 8.19. The van der Waals surface area contributed by atoms with Gasteiger partial charge in [-0.15, -0.1) is 0 Å². The second-order valence-corrected chi connectivity index (χ2v) is 15.1. The number of esters is 1. The van der Waals surface area contributed by atoms with Crippen molar-refractivity contribution in [3.05, 3.63) is 141 Å². The minimum Gasteiger partial charge on any atom is -0.506 e. The Morgan fingerprint density at radius 3 is 2.29 bits per heavy atom. The Labute approximate surface area is 319 Å². The lowest BCUT2D eigenvalue weighted by Crippen LogP contribution is -2.66. The van der Waals surface area contributed by atoms with Crippen LogP contribution in [0.25, 0.3) is 10.9 Å². The summed E-state index contributed by atoms with van der Waals surface area (Å²) in [6, 6.07) is 31.4. The standard InChI is InChI=1S/C44H46N4O7/c49-37-16-14-35(36-15-17-40(51)46-42(36)37)38(50)24-45-23-30-6-8-31(9-7-30)26-54-34-12-10-29(11-13-34)22-41(52)48-27-44(28-48,33-4-2-1-3-5-33)43(53)55-39-25-47-20-18-32(39)19-21-47/h1-17,32,38-39,45,49-50H,18-28H2,(H,46,51). The van der Waals surface area contributed by atoms with Gasteiger partial charge in [0.1, 0.15) is 29.6 Å². The van der Waals surface area contributed by atoms with Gasteiger partial charge in [-0.2, -0.15) is 0 Å². The molecule has 4 aromatic carbocycles. The maximum absolute atomic E-state index is 13.8. The number of aromatic amines is 1. The number of likely N-dealkylation sites (tertiary alicyclic amines) is 1. The summed E-state index contributed by atoms with van der Waals surface area (Å²) < 4.78 is 12.2. The van der Waals surface area contributed by atoms with Crippen molar-refractivity contribution in [3.8, 4) is 11.5 Å². The topological polar surface area (TPSA) is 144 Å². The molecule has 4 aliphatic rings. The Kier molecular flexibility index (Phi) is 10.4. The fourth-order valence-corrected chi connectivity index (χ4v) is 8.19. The monoisotopic (exact) mass is 742 g/mol. The molecule has 2 unspecified atom stereocenters. The number of hydrogen-bond donors (Lipinski definition) is 4. The summed E-state index contributed by atoms with van der Waals surface area (Å²) in [5.74, 6) is 0.839. The molecular weight excluding hydrogens is 697 g/mol. The summed E-state index contributed by atoms with van der Waals surface area (Å²) in [6.45, 7) is 4.79. The number of aromatic nitrogens is 1. The second kappa shape index (κ2) is 15.7. The molecule has 284 valence electrons. The van der Waals surface area contributed by atoms with Crippen LogP contribution in [0.15, 0.2) is 108 Å². The number of aliphatic hydroxyl groups excluding tert-OH is 1. The lowest BCUT2D eigenvalue weighted by Gasteiger charge is -2.50. The molecule has 9 rings (SSSR count). The van der Waals surface area contributed by atoms with Crippen molar-refractivity contribution < 1.29 is 29.3 Å². The molecule has 11 nitrogen and oxygen atoms in total. The minimum atomic E-state index is -0.841. The maximum Gasteiger partial charge on any atom is 0.320 e. The van der Waals surface area contributed by atoms with E-state index in [4.69, 9.17) is 9.47 Å². The Bertz CT molecular complexity index is 2190. The summed E-state index contributed by atoms with van der Waals surface area (Å²) in [7, 11) is 0. The molecule has 5 heterocycles. The SMILES string of the molecule is O=C(Cc1ccc(OCc2ccc(CNCC(O)c3ccc(O)c4[nH]c(=O)ccc34)cc2)cc1)N1CC(C(=O)OC2CN3CCC2CC3)(c2ccccc2)C1. The first-order valence-corrected chi connectivity index (χ1v) is 19.0. The number of nitrogens with one attached hydrogen (secondary N) is 2. The van der Waals surface area contributed by atoms with Crippen molar-refractivity contribution in [2.75, 3.05) is 39.3 Å². The molecule has 4 N–H and O–H groups in total. The third kappa shape index (κ3) is 7.86. The van der Waals surface area contributed by atoms with Gasteiger partial charge in [0.05, 0.1) is 18.0 Å². The average molecular weight is 743 g/mol.